The van der Waals surface area contributed by atoms with Crippen LogP contribution in [0.15, 0.2) is 42.5 Å². The first kappa shape index (κ1) is 30.6. The number of hydrogen-bond acceptors (Lipinski definition) is 6. The Morgan fingerprint density at radius 2 is 1.68 bits per heavy atom. The molecule has 0 heterocycles. The fourth-order valence-electron chi connectivity index (χ4n) is 3.98. The Labute approximate surface area is 225 Å². The summed E-state index contributed by atoms with van der Waals surface area (Å²) in [5.41, 5.74) is 2.23. The van der Waals surface area contributed by atoms with E-state index in [2.05, 4.69) is 10.6 Å². The molecule has 208 valence electrons. The van der Waals surface area contributed by atoms with Crippen molar-refractivity contribution in [3.8, 4) is 5.75 Å². The van der Waals surface area contributed by atoms with Crippen molar-refractivity contribution in [2.24, 2.45) is 0 Å². The highest BCUT2D eigenvalue weighted by Gasteiger charge is 2.39. The first-order valence-corrected chi connectivity index (χ1v) is 12.8. The number of carbonyl (C=O) groups is 3. The second kappa shape index (κ2) is 13.3. The van der Waals surface area contributed by atoms with Crippen molar-refractivity contribution in [2.75, 3.05) is 19.0 Å². The minimum Gasteiger partial charge on any atom is -0.497 e. The Morgan fingerprint density at radius 3 is 2.21 bits per heavy atom. The van der Waals surface area contributed by atoms with Crippen LogP contribution in [0, 0.1) is 13.8 Å². The van der Waals surface area contributed by atoms with Gasteiger partial charge in [0.25, 0.3) is 5.91 Å². The maximum Gasteiger partial charge on any atom is 0.408 e. The molecule has 9 nitrogen and oxygen atoms in total. The number of aliphatic hydroxyl groups excluding tert-OH is 1. The number of ether oxygens (including phenoxy) is 2. The molecule has 0 spiro atoms. The number of rotatable bonds is 10. The lowest BCUT2D eigenvalue weighted by molar-refractivity contribution is -0.144. The highest BCUT2D eigenvalue weighted by molar-refractivity contribution is 5.99. The normalized spacial score (nSPS) is 13.6. The van der Waals surface area contributed by atoms with Crippen LogP contribution in [0.5, 0.6) is 5.75 Å². The van der Waals surface area contributed by atoms with Crippen molar-refractivity contribution in [2.45, 2.75) is 78.6 Å². The van der Waals surface area contributed by atoms with E-state index in [1.54, 1.807) is 52.1 Å². The van der Waals surface area contributed by atoms with E-state index in [0.29, 0.717) is 23.4 Å². The molecular formula is C29H41N3O6. The van der Waals surface area contributed by atoms with Crippen molar-refractivity contribution in [1.82, 2.24) is 10.2 Å². The lowest BCUT2D eigenvalue weighted by Gasteiger charge is -2.38. The lowest BCUT2D eigenvalue weighted by Crippen LogP contribution is -2.56. The minimum atomic E-state index is -1.31. The van der Waals surface area contributed by atoms with Crippen LogP contribution in [0.2, 0.25) is 0 Å². The van der Waals surface area contributed by atoms with E-state index >= 15 is 0 Å². The van der Waals surface area contributed by atoms with E-state index in [9.17, 15) is 19.5 Å². The molecule has 0 aliphatic carbocycles. The molecule has 3 N–H and O–H groups in total. The van der Waals surface area contributed by atoms with Crippen molar-refractivity contribution < 1.29 is 29.0 Å². The molecule has 2 rings (SSSR count). The monoisotopic (exact) mass is 527 g/mol. The van der Waals surface area contributed by atoms with Crippen molar-refractivity contribution in [3.05, 3.63) is 59.2 Å². The predicted octanol–water partition coefficient (Wildman–Crippen LogP) is 4.50. The van der Waals surface area contributed by atoms with Gasteiger partial charge in [0.05, 0.1) is 13.7 Å². The summed E-state index contributed by atoms with van der Waals surface area (Å²) < 4.78 is 10.5. The molecule has 3 amide bonds. The summed E-state index contributed by atoms with van der Waals surface area (Å²) in [5.74, 6) is -0.375. The van der Waals surface area contributed by atoms with E-state index in [1.807, 2.05) is 45.9 Å². The van der Waals surface area contributed by atoms with Gasteiger partial charge < -0.3 is 30.1 Å². The maximum absolute atomic E-state index is 13.9. The molecule has 0 saturated carbocycles. The van der Waals surface area contributed by atoms with Gasteiger partial charge in [-0.3, -0.25) is 9.59 Å². The molecule has 0 aromatic heterocycles. The summed E-state index contributed by atoms with van der Waals surface area (Å²) in [6.07, 6.45) is -0.298. The van der Waals surface area contributed by atoms with Crippen LogP contribution in [0.3, 0.4) is 0 Å². The summed E-state index contributed by atoms with van der Waals surface area (Å²) in [6.45, 7) is 12.0. The smallest absolute Gasteiger partial charge is 0.408 e. The topological polar surface area (TPSA) is 117 Å². The van der Waals surface area contributed by atoms with Crippen LogP contribution >= 0.6 is 0 Å². The molecule has 3 atom stereocenters. The Morgan fingerprint density at radius 1 is 1.05 bits per heavy atom. The molecule has 0 aliphatic heterocycles. The van der Waals surface area contributed by atoms with Crippen LogP contribution in [0.1, 0.15) is 63.8 Å². The van der Waals surface area contributed by atoms with Gasteiger partial charge in [0.1, 0.15) is 23.4 Å². The van der Waals surface area contributed by atoms with Gasteiger partial charge in [0.15, 0.2) is 0 Å². The number of carbonyl (C=O) groups excluding carboxylic acids is 3. The van der Waals surface area contributed by atoms with E-state index in [1.165, 1.54) is 4.90 Å². The lowest BCUT2D eigenvalue weighted by atomic mass is 9.93. The third kappa shape index (κ3) is 7.95. The molecule has 2 aromatic rings. The molecule has 0 bridgehead atoms. The number of methoxy groups -OCH3 is 1. The molecular weight excluding hydrogens is 486 g/mol. The summed E-state index contributed by atoms with van der Waals surface area (Å²) in [4.78, 5) is 41.7. The van der Waals surface area contributed by atoms with E-state index in [0.717, 1.165) is 11.1 Å². The Bertz CT molecular complexity index is 1110. The third-order valence-electron chi connectivity index (χ3n) is 6.32. The molecule has 38 heavy (non-hydrogen) atoms. The Balaban J connectivity index is 2.55. The number of anilines is 1. The fraction of sp³-hybridized carbons (Fsp3) is 0.483. The van der Waals surface area contributed by atoms with Crippen LogP contribution in [-0.2, 0) is 14.3 Å². The quantitative estimate of drug-likeness (QED) is 0.419. The second-order valence-corrected chi connectivity index (χ2v) is 10.3. The number of nitrogens with one attached hydrogen (secondary N) is 2. The number of benzene rings is 2. The summed E-state index contributed by atoms with van der Waals surface area (Å²) in [6, 6.07) is 9.75. The molecule has 0 fully saturated rings. The molecule has 9 heteroatoms. The van der Waals surface area contributed by atoms with E-state index in [-0.39, 0.29) is 0 Å². The molecule has 3 unspecified atom stereocenters. The second-order valence-electron chi connectivity index (χ2n) is 10.3. The van der Waals surface area contributed by atoms with Gasteiger partial charge in [-0.25, -0.2) is 4.79 Å². The standard InChI is InChI=1S/C29H41N3O6/c1-9-19(3)32(27(35)24(17-33)31-28(36)38-29(5,6)7)25(23-12-10-11-18(2)20(23)4)26(34)30-21-13-15-22(37-8)16-14-21/h10-16,19,24-25,33H,9,17H2,1-8H3,(H,30,34)(H,31,36). The van der Waals surface area contributed by atoms with E-state index in [4.69, 9.17) is 9.47 Å². The Kier molecular flexibility index (Phi) is 10.7. The third-order valence-corrected chi connectivity index (χ3v) is 6.32. The average molecular weight is 528 g/mol. The number of hydrogen-bond donors (Lipinski definition) is 3. The first-order chi connectivity index (χ1) is 17.8. The molecule has 0 saturated heterocycles. The average Bonchev–Trinajstić information content (AvgIpc) is 2.86. The first-order valence-electron chi connectivity index (χ1n) is 12.8. The van der Waals surface area contributed by atoms with Crippen molar-refractivity contribution in [3.63, 3.8) is 0 Å². The van der Waals surface area contributed by atoms with Gasteiger partial charge >= 0.3 is 6.09 Å². The number of alkyl carbamates (subject to hydrolysis) is 1. The zero-order chi connectivity index (χ0) is 28.6. The fourth-order valence-corrected chi connectivity index (χ4v) is 3.98. The van der Waals surface area contributed by atoms with Crippen LogP contribution in [-0.4, -0.2) is 59.3 Å². The van der Waals surface area contributed by atoms with Gasteiger partial charge in [0.2, 0.25) is 5.91 Å². The SMILES string of the molecule is CCC(C)N(C(=O)C(CO)NC(=O)OC(C)(C)C)C(C(=O)Nc1ccc(OC)cc1)c1cccc(C)c1C. The van der Waals surface area contributed by atoms with Crippen LogP contribution < -0.4 is 15.4 Å². The van der Waals surface area contributed by atoms with E-state index < -0.39 is 48.2 Å². The van der Waals surface area contributed by atoms with Gasteiger partial charge in [-0.15, -0.1) is 0 Å². The number of aryl methyl sites for hydroxylation is 1. The number of aliphatic hydroxyl groups is 1. The van der Waals surface area contributed by atoms with Gasteiger partial charge in [-0.1, -0.05) is 25.1 Å². The van der Waals surface area contributed by atoms with Crippen LogP contribution in [0.4, 0.5) is 10.5 Å². The van der Waals surface area contributed by atoms with Gasteiger partial charge in [-0.05, 0) is 88.9 Å². The highest BCUT2D eigenvalue weighted by atomic mass is 16.6. The Hall–Kier alpha value is -3.59. The predicted molar refractivity (Wildman–Crippen MR) is 147 cm³/mol. The van der Waals surface area contributed by atoms with Gasteiger partial charge in [0, 0.05) is 11.7 Å². The number of nitrogens with zero attached hydrogens (tertiary/aromatic N) is 1. The molecule has 2 aromatic carbocycles. The highest BCUT2D eigenvalue weighted by Crippen LogP contribution is 2.31. The summed E-state index contributed by atoms with van der Waals surface area (Å²) >= 11 is 0. The zero-order valence-corrected chi connectivity index (χ0v) is 23.6. The van der Waals surface area contributed by atoms with Crippen molar-refractivity contribution >= 4 is 23.6 Å². The number of amides is 3. The largest absolute Gasteiger partial charge is 0.497 e. The zero-order valence-electron chi connectivity index (χ0n) is 23.6. The molecule has 0 aliphatic rings. The summed E-state index contributed by atoms with van der Waals surface area (Å²) in [7, 11) is 1.56. The minimum absolute atomic E-state index is 0.400. The van der Waals surface area contributed by atoms with Crippen molar-refractivity contribution in [1.29, 1.82) is 0 Å². The molecule has 0 radical (unpaired) electrons. The maximum atomic E-state index is 13.9. The summed E-state index contributed by atoms with van der Waals surface area (Å²) in [5, 5.41) is 15.5. The van der Waals surface area contributed by atoms with Crippen LogP contribution in [0.25, 0.3) is 0 Å². The van der Waals surface area contributed by atoms with Gasteiger partial charge in [-0.2, -0.15) is 0 Å².